The van der Waals surface area contributed by atoms with Crippen LogP contribution in [0.2, 0.25) is 0 Å². The molecule has 1 aromatic rings. The molecule has 0 bridgehead atoms. The number of ether oxygens (including phenoxy) is 1. The summed E-state index contributed by atoms with van der Waals surface area (Å²) in [5.74, 6) is -0.189. The molecule has 0 spiro atoms. The minimum absolute atomic E-state index is 0.121. The zero-order valence-corrected chi connectivity index (χ0v) is 11.8. The Bertz CT molecular complexity index is 365. The maximum absolute atomic E-state index is 13.3. The van der Waals surface area contributed by atoms with Crippen LogP contribution in [-0.4, -0.2) is 19.3 Å². The molecule has 1 atom stereocenters. The van der Waals surface area contributed by atoms with Crippen molar-refractivity contribution in [3.8, 4) is 0 Å². The molecule has 0 saturated carbocycles. The van der Waals surface area contributed by atoms with Gasteiger partial charge in [0.1, 0.15) is 5.82 Å². The average molecular weight is 253 g/mol. The topological polar surface area (TPSA) is 21.3 Å². The summed E-state index contributed by atoms with van der Waals surface area (Å²) in [4.78, 5) is 0. The number of methoxy groups -OCH3 is 1. The predicted molar refractivity (Wildman–Crippen MR) is 73.1 cm³/mol. The van der Waals surface area contributed by atoms with Crippen LogP contribution in [0.1, 0.15) is 45.2 Å². The van der Waals surface area contributed by atoms with Gasteiger partial charge in [-0.05, 0) is 50.9 Å². The monoisotopic (exact) mass is 253 g/mol. The van der Waals surface area contributed by atoms with Crippen molar-refractivity contribution in [1.82, 2.24) is 5.32 Å². The first-order valence-electron chi connectivity index (χ1n) is 6.52. The molecule has 0 amide bonds. The molecule has 102 valence electrons. The lowest BCUT2D eigenvalue weighted by atomic mass is 9.93. The molecule has 0 radical (unpaired) electrons. The van der Waals surface area contributed by atoms with Crippen LogP contribution in [0, 0.1) is 5.82 Å². The van der Waals surface area contributed by atoms with Crippen molar-refractivity contribution in [2.45, 2.75) is 45.3 Å². The first-order valence-corrected chi connectivity index (χ1v) is 6.52. The Morgan fingerprint density at radius 2 is 2.11 bits per heavy atom. The number of rotatable bonds is 7. The van der Waals surface area contributed by atoms with Gasteiger partial charge in [-0.15, -0.1) is 0 Å². The van der Waals surface area contributed by atoms with Crippen LogP contribution >= 0.6 is 0 Å². The number of hydrogen-bond donors (Lipinski definition) is 1. The summed E-state index contributed by atoms with van der Waals surface area (Å²) in [6.45, 7) is 7.14. The van der Waals surface area contributed by atoms with Gasteiger partial charge in [-0.25, -0.2) is 4.39 Å². The molecule has 0 fully saturated rings. The van der Waals surface area contributed by atoms with Crippen molar-refractivity contribution in [2.24, 2.45) is 0 Å². The molecule has 0 heterocycles. The van der Waals surface area contributed by atoms with Crippen LogP contribution in [-0.2, 0) is 4.74 Å². The third-order valence-electron chi connectivity index (χ3n) is 3.14. The Kier molecular flexibility index (Phi) is 5.76. The summed E-state index contributed by atoms with van der Waals surface area (Å²) in [6.07, 6.45) is 1.87. The van der Waals surface area contributed by atoms with Crippen LogP contribution in [0.3, 0.4) is 0 Å². The van der Waals surface area contributed by atoms with E-state index in [1.807, 2.05) is 19.9 Å². The highest BCUT2D eigenvalue weighted by Gasteiger charge is 2.23. The molecule has 0 aromatic heterocycles. The van der Waals surface area contributed by atoms with Crippen molar-refractivity contribution in [1.29, 1.82) is 0 Å². The van der Waals surface area contributed by atoms with E-state index in [1.165, 1.54) is 6.07 Å². The molecular weight excluding hydrogens is 229 g/mol. The Morgan fingerprint density at radius 1 is 1.39 bits per heavy atom. The molecule has 0 aliphatic rings. The largest absolute Gasteiger partial charge is 0.379 e. The van der Waals surface area contributed by atoms with E-state index in [0.29, 0.717) is 0 Å². The fraction of sp³-hybridized carbons (Fsp3) is 0.600. The highest BCUT2D eigenvalue weighted by atomic mass is 19.1. The lowest BCUT2D eigenvalue weighted by molar-refractivity contribution is 0.00682. The van der Waals surface area contributed by atoms with Gasteiger partial charge in [0.15, 0.2) is 0 Å². The van der Waals surface area contributed by atoms with Crippen LogP contribution < -0.4 is 5.32 Å². The summed E-state index contributed by atoms with van der Waals surface area (Å²) >= 11 is 0. The number of benzene rings is 1. The van der Waals surface area contributed by atoms with Gasteiger partial charge in [0.05, 0.1) is 5.60 Å². The van der Waals surface area contributed by atoms with E-state index in [2.05, 4.69) is 12.2 Å². The Labute approximate surface area is 110 Å². The SMILES string of the molecule is CCCNC(CC(C)(C)OC)c1cccc(F)c1. The summed E-state index contributed by atoms with van der Waals surface area (Å²) < 4.78 is 18.8. The quantitative estimate of drug-likeness (QED) is 0.800. The maximum atomic E-state index is 13.3. The van der Waals surface area contributed by atoms with Gasteiger partial charge in [0.25, 0.3) is 0 Å². The van der Waals surface area contributed by atoms with Crippen molar-refractivity contribution >= 4 is 0 Å². The second-order valence-corrected chi connectivity index (χ2v) is 5.23. The zero-order valence-electron chi connectivity index (χ0n) is 11.8. The summed E-state index contributed by atoms with van der Waals surface area (Å²) in [6, 6.07) is 6.91. The molecular formula is C15H24FNO. The smallest absolute Gasteiger partial charge is 0.123 e. The first-order chi connectivity index (χ1) is 8.48. The number of hydrogen-bond acceptors (Lipinski definition) is 2. The number of nitrogens with one attached hydrogen (secondary N) is 1. The van der Waals surface area contributed by atoms with E-state index in [1.54, 1.807) is 19.2 Å². The maximum Gasteiger partial charge on any atom is 0.123 e. The fourth-order valence-electron chi connectivity index (χ4n) is 1.92. The predicted octanol–water partition coefficient (Wildman–Crippen LogP) is 3.68. The van der Waals surface area contributed by atoms with Crippen molar-refractivity contribution in [3.63, 3.8) is 0 Å². The Hall–Kier alpha value is -0.930. The minimum Gasteiger partial charge on any atom is -0.379 e. The average Bonchev–Trinajstić information content (AvgIpc) is 2.34. The molecule has 1 rings (SSSR count). The minimum atomic E-state index is -0.224. The van der Waals surface area contributed by atoms with Crippen LogP contribution in [0.15, 0.2) is 24.3 Å². The van der Waals surface area contributed by atoms with Crippen molar-refractivity contribution in [3.05, 3.63) is 35.6 Å². The van der Waals surface area contributed by atoms with E-state index in [4.69, 9.17) is 4.74 Å². The van der Waals surface area contributed by atoms with Crippen LogP contribution in [0.4, 0.5) is 4.39 Å². The molecule has 2 nitrogen and oxygen atoms in total. The van der Waals surface area contributed by atoms with E-state index < -0.39 is 0 Å². The second-order valence-electron chi connectivity index (χ2n) is 5.23. The standard InChI is InChI=1S/C15H24FNO/c1-5-9-17-14(11-15(2,3)18-4)12-7-6-8-13(16)10-12/h6-8,10,14,17H,5,9,11H2,1-4H3. The number of halogens is 1. The van der Waals surface area contributed by atoms with Gasteiger partial charge in [-0.3, -0.25) is 0 Å². The van der Waals surface area contributed by atoms with Crippen molar-refractivity contribution in [2.75, 3.05) is 13.7 Å². The molecule has 1 aromatic carbocycles. The Morgan fingerprint density at radius 3 is 2.67 bits per heavy atom. The van der Waals surface area contributed by atoms with E-state index >= 15 is 0 Å². The second kappa shape index (κ2) is 6.86. The van der Waals surface area contributed by atoms with E-state index in [0.717, 1.165) is 24.9 Å². The molecule has 1 N–H and O–H groups in total. The summed E-state index contributed by atoms with van der Waals surface area (Å²) in [5.41, 5.74) is 0.756. The zero-order chi connectivity index (χ0) is 13.6. The highest BCUT2D eigenvalue weighted by molar-refractivity contribution is 5.20. The molecule has 0 aliphatic carbocycles. The van der Waals surface area contributed by atoms with Gasteiger partial charge in [0.2, 0.25) is 0 Å². The lowest BCUT2D eigenvalue weighted by Gasteiger charge is -2.29. The summed E-state index contributed by atoms with van der Waals surface area (Å²) in [5, 5.41) is 3.46. The Balaban J connectivity index is 2.84. The van der Waals surface area contributed by atoms with Crippen LogP contribution in [0.5, 0.6) is 0 Å². The van der Waals surface area contributed by atoms with E-state index in [9.17, 15) is 4.39 Å². The fourth-order valence-corrected chi connectivity index (χ4v) is 1.92. The highest BCUT2D eigenvalue weighted by Crippen LogP contribution is 2.26. The molecule has 3 heteroatoms. The van der Waals surface area contributed by atoms with E-state index in [-0.39, 0.29) is 17.5 Å². The molecule has 1 unspecified atom stereocenters. The van der Waals surface area contributed by atoms with Gasteiger partial charge < -0.3 is 10.1 Å². The molecule has 18 heavy (non-hydrogen) atoms. The normalized spacial score (nSPS) is 13.6. The van der Waals surface area contributed by atoms with Gasteiger partial charge in [-0.2, -0.15) is 0 Å². The first kappa shape index (κ1) is 15.1. The third kappa shape index (κ3) is 4.75. The third-order valence-corrected chi connectivity index (χ3v) is 3.14. The van der Waals surface area contributed by atoms with Gasteiger partial charge >= 0.3 is 0 Å². The molecule has 0 aliphatic heterocycles. The molecule has 0 saturated heterocycles. The lowest BCUT2D eigenvalue weighted by Crippen LogP contribution is -2.32. The van der Waals surface area contributed by atoms with Gasteiger partial charge in [-0.1, -0.05) is 19.1 Å². The summed E-state index contributed by atoms with van der Waals surface area (Å²) in [7, 11) is 1.71. The van der Waals surface area contributed by atoms with Gasteiger partial charge in [0, 0.05) is 13.2 Å². The van der Waals surface area contributed by atoms with Crippen molar-refractivity contribution < 1.29 is 9.13 Å². The van der Waals surface area contributed by atoms with Crippen LogP contribution in [0.25, 0.3) is 0 Å².